The molecule has 2 heterocycles. The van der Waals surface area contributed by atoms with Crippen LogP contribution in [0.4, 0.5) is 4.39 Å². The van der Waals surface area contributed by atoms with Crippen molar-refractivity contribution in [1.29, 1.82) is 0 Å². The number of para-hydroxylation sites is 1. The fourth-order valence-corrected chi connectivity index (χ4v) is 4.18. The number of amides is 2. The summed E-state index contributed by atoms with van der Waals surface area (Å²) in [6.45, 7) is 5.29. The van der Waals surface area contributed by atoms with Gasteiger partial charge in [0.1, 0.15) is 11.4 Å². The number of aromatic nitrogens is 1. The molecule has 1 N–H and O–H groups in total. The largest absolute Gasteiger partial charge is 0.379 e. The average molecular weight is 450 g/mol. The Bertz CT molecular complexity index is 1160. The Kier molecular flexibility index (Phi) is 6.70. The van der Waals surface area contributed by atoms with Gasteiger partial charge in [-0.25, -0.2) is 4.39 Å². The number of halogens is 1. The number of hydrogen-bond acceptors (Lipinski definition) is 4. The van der Waals surface area contributed by atoms with Crippen LogP contribution in [0.25, 0.3) is 10.9 Å². The van der Waals surface area contributed by atoms with Crippen LogP contribution < -0.4 is 5.32 Å². The highest BCUT2D eigenvalue weighted by molar-refractivity contribution is 5.99. The van der Waals surface area contributed by atoms with Gasteiger partial charge in [-0.2, -0.15) is 0 Å². The number of benzene rings is 2. The summed E-state index contributed by atoms with van der Waals surface area (Å²) in [6.07, 6.45) is 2.61. The molecule has 33 heavy (non-hydrogen) atoms. The number of pyridine rings is 1. The number of ether oxygens (including phenoxy) is 1. The summed E-state index contributed by atoms with van der Waals surface area (Å²) in [5, 5.41) is 3.84. The zero-order valence-corrected chi connectivity index (χ0v) is 18.9. The Labute approximate surface area is 192 Å². The van der Waals surface area contributed by atoms with E-state index in [0.29, 0.717) is 26.3 Å². The summed E-state index contributed by atoms with van der Waals surface area (Å²) in [4.78, 5) is 32.2. The number of rotatable bonds is 5. The van der Waals surface area contributed by atoms with Crippen LogP contribution in [0.1, 0.15) is 29.8 Å². The molecule has 0 bridgehead atoms. The molecule has 0 aliphatic carbocycles. The zero-order valence-electron chi connectivity index (χ0n) is 18.9. The van der Waals surface area contributed by atoms with Crippen LogP contribution >= 0.6 is 0 Å². The summed E-state index contributed by atoms with van der Waals surface area (Å²) in [6, 6.07) is 15.5. The predicted molar refractivity (Wildman–Crippen MR) is 124 cm³/mol. The molecule has 1 aliphatic heterocycles. The van der Waals surface area contributed by atoms with Crippen LogP contribution in [0.2, 0.25) is 0 Å². The smallest absolute Gasteiger partial charge is 0.252 e. The first-order valence-electron chi connectivity index (χ1n) is 11.1. The molecule has 2 aromatic carbocycles. The monoisotopic (exact) mass is 449 g/mol. The lowest BCUT2D eigenvalue weighted by molar-refractivity contribution is -0.137. The Balaban J connectivity index is 1.44. The molecule has 1 aromatic heterocycles. The van der Waals surface area contributed by atoms with Crippen LogP contribution in [0.15, 0.2) is 60.8 Å². The van der Waals surface area contributed by atoms with E-state index in [1.807, 2.05) is 30.5 Å². The lowest BCUT2D eigenvalue weighted by Gasteiger charge is -2.33. The summed E-state index contributed by atoms with van der Waals surface area (Å²) in [5.74, 6) is -1.08. The molecule has 1 atom stereocenters. The molecule has 1 saturated heterocycles. The molecule has 1 aliphatic rings. The van der Waals surface area contributed by atoms with E-state index >= 15 is 0 Å². The zero-order chi connectivity index (χ0) is 23.4. The molecule has 1 fully saturated rings. The van der Waals surface area contributed by atoms with Crippen molar-refractivity contribution in [3.05, 3.63) is 77.7 Å². The molecule has 2 amide bonds. The molecule has 7 heteroatoms. The van der Waals surface area contributed by atoms with Crippen LogP contribution in [0.5, 0.6) is 0 Å². The molecule has 3 aromatic rings. The molecular formula is C26H28FN3O3. The van der Waals surface area contributed by atoms with Gasteiger partial charge in [0.25, 0.3) is 5.91 Å². The van der Waals surface area contributed by atoms with Gasteiger partial charge in [0.15, 0.2) is 0 Å². The number of nitrogens with zero attached hydrogens (tertiary/aromatic N) is 2. The maximum Gasteiger partial charge on any atom is 0.252 e. The number of carbonyl (C=O) groups excluding carboxylic acids is 2. The highest BCUT2D eigenvalue weighted by Gasteiger charge is 2.35. The van der Waals surface area contributed by atoms with Crippen molar-refractivity contribution >= 4 is 22.7 Å². The highest BCUT2D eigenvalue weighted by Crippen LogP contribution is 2.20. The summed E-state index contributed by atoms with van der Waals surface area (Å²) < 4.78 is 19.3. The minimum Gasteiger partial charge on any atom is -0.379 e. The number of hydrogen-bond donors (Lipinski definition) is 1. The van der Waals surface area contributed by atoms with Crippen molar-refractivity contribution in [1.82, 2.24) is 15.2 Å². The quantitative estimate of drug-likeness (QED) is 0.646. The van der Waals surface area contributed by atoms with Crippen LogP contribution in [-0.4, -0.2) is 53.5 Å². The van der Waals surface area contributed by atoms with Crippen molar-refractivity contribution < 1.29 is 18.7 Å². The van der Waals surface area contributed by atoms with Crippen molar-refractivity contribution in [3.63, 3.8) is 0 Å². The lowest BCUT2D eigenvalue weighted by atomic mass is 9.97. The molecule has 4 rings (SSSR count). The molecule has 0 spiro atoms. The maximum absolute atomic E-state index is 13.5. The van der Waals surface area contributed by atoms with Gasteiger partial charge in [-0.3, -0.25) is 14.6 Å². The Morgan fingerprint density at radius 2 is 2.00 bits per heavy atom. The van der Waals surface area contributed by atoms with Gasteiger partial charge >= 0.3 is 0 Å². The maximum atomic E-state index is 13.5. The Hall–Kier alpha value is -3.32. The second-order valence-electron chi connectivity index (χ2n) is 9.02. The Morgan fingerprint density at radius 1 is 1.18 bits per heavy atom. The van der Waals surface area contributed by atoms with Gasteiger partial charge in [-0.05, 0) is 56.2 Å². The van der Waals surface area contributed by atoms with Gasteiger partial charge < -0.3 is 15.0 Å². The molecule has 0 radical (unpaired) electrons. The second-order valence-corrected chi connectivity index (χ2v) is 9.02. The van der Waals surface area contributed by atoms with Crippen LogP contribution in [-0.2, 0) is 16.0 Å². The van der Waals surface area contributed by atoms with Gasteiger partial charge in [0.2, 0.25) is 5.91 Å². The molecule has 6 nitrogen and oxygen atoms in total. The topological polar surface area (TPSA) is 71.5 Å². The molecular weight excluding hydrogens is 421 g/mol. The van der Waals surface area contributed by atoms with E-state index in [0.717, 1.165) is 29.0 Å². The number of carbonyl (C=O) groups is 2. The summed E-state index contributed by atoms with van der Waals surface area (Å²) in [7, 11) is 0. The standard InChI is InChI=1S/C26H28FN3O3/c1-26(2,29-24(31)21-7-5-8-22(27)14-21)25(32)30-10-11-33-17-19(16-30)12-18-13-20-6-3-4-9-23(20)28-15-18/h3-9,13-15,19H,10-12,16-17H2,1-2H3,(H,29,31)/t19-/m1/s1. The van der Waals surface area contributed by atoms with Crippen molar-refractivity contribution in [2.45, 2.75) is 25.8 Å². The van der Waals surface area contributed by atoms with E-state index in [-0.39, 0.29) is 17.4 Å². The average Bonchev–Trinajstić information content (AvgIpc) is 3.03. The van der Waals surface area contributed by atoms with E-state index in [9.17, 15) is 14.0 Å². The first kappa shape index (κ1) is 22.9. The third-order valence-electron chi connectivity index (χ3n) is 5.84. The number of nitrogens with one attached hydrogen (secondary N) is 1. The second kappa shape index (κ2) is 9.67. The van der Waals surface area contributed by atoms with Crippen LogP contribution in [0.3, 0.4) is 0 Å². The SMILES string of the molecule is CC(C)(NC(=O)c1cccc(F)c1)C(=O)N1CCOC[C@H](Cc2cnc3ccccc3c2)C1. The minimum absolute atomic E-state index is 0.106. The lowest BCUT2D eigenvalue weighted by Crippen LogP contribution is -2.56. The summed E-state index contributed by atoms with van der Waals surface area (Å²) >= 11 is 0. The van der Waals surface area contributed by atoms with E-state index in [4.69, 9.17) is 4.74 Å². The van der Waals surface area contributed by atoms with E-state index in [1.165, 1.54) is 18.2 Å². The van der Waals surface area contributed by atoms with Crippen molar-refractivity contribution in [2.75, 3.05) is 26.3 Å². The van der Waals surface area contributed by atoms with Gasteiger partial charge in [-0.1, -0.05) is 24.3 Å². The van der Waals surface area contributed by atoms with Gasteiger partial charge in [-0.15, -0.1) is 0 Å². The number of fused-ring (bicyclic) bond motifs is 1. The van der Waals surface area contributed by atoms with Gasteiger partial charge in [0, 0.05) is 36.2 Å². The van der Waals surface area contributed by atoms with Gasteiger partial charge in [0.05, 0.1) is 18.7 Å². The third kappa shape index (κ3) is 5.54. The highest BCUT2D eigenvalue weighted by atomic mass is 19.1. The normalized spacial score (nSPS) is 16.9. The summed E-state index contributed by atoms with van der Waals surface area (Å²) in [5.41, 5.74) is 1.07. The van der Waals surface area contributed by atoms with E-state index < -0.39 is 17.3 Å². The minimum atomic E-state index is -1.15. The van der Waals surface area contributed by atoms with E-state index in [2.05, 4.69) is 16.4 Å². The van der Waals surface area contributed by atoms with Crippen molar-refractivity contribution in [3.8, 4) is 0 Å². The fraction of sp³-hybridized carbons (Fsp3) is 0.346. The Morgan fingerprint density at radius 3 is 2.82 bits per heavy atom. The van der Waals surface area contributed by atoms with E-state index in [1.54, 1.807) is 18.7 Å². The fourth-order valence-electron chi connectivity index (χ4n) is 4.18. The molecule has 172 valence electrons. The van der Waals surface area contributed by atoms with Crippen molar-refractivity contribution in [2.24, 2.45) is 5.92 Å². The molecule has 0 saturated carbocycles. The predicted octanol–water partition coefficient (Wildman–Crippen LogP) is 3.60. The third-order valence-corrected chi connectivity index (χ3v) is 5.84. The van der Waals surface area contributed by atoms with Crippen LogP contribution in [0, 0.1) is 11.7 Å². The first-order chi connectivity index (χ1) is 15.8. The molecule has 0 unspecified atom stereocenters. The first-order valence-corrected chi connectivity index (χ1v) is 11.1.